The average Bonchev–Trinajstić information content (AvgIpc) is 3.16. The van der Waals surface area contributed by atoms with E-state index in [-0.39, 0.29) is 17.9 Å². The second-order valence-corrected chi connectivity index (χ2v) is 8.23. The Morgan fingerprint density at radius 2 is 1.81 bits per heavy atom. The summed E-state index contributed by atoms with van der Waals surface area (Å²) >= 11 is 6.09. The first-order valence-electron chi connectivity index (χ1n) is 10.1. The standard InChI is InChI=1S/C20H29ClN4O2/c1-15(20(27)22-16-6-2-3-7-16)25-12-10-24(11-13-25)14-19(26)23-18-9-5-4-8-17(18)21/h4-5,8-9,15-16H,2-3,6-7,10-14H2,1H3,(H,22,27)(H,23,26)/p+2/t15-/m1/s1. The lowest BCUT2D eigenvalue weighted by atomic mass is 10.2. The molecule has 6 nitrogen and oxygen atoms in total. The van der Waals surface area contributed by atoms with E-state index in [2.05, 4.69) is 10.6 Å². The zero-order valence-corrected chi connectivity index (χ0v) is 16.8. The number of quaternary nitrogens is 2. The number of piperazine rings is 1. The molecule has 2 aliphatic rings. The van der Waals surface area contributed by atoms with Gasteiger partial charge in [0.15, 0.2) is 12.6 Å². The van der Waals surface area contributed by atoms with Crippen LogP contribution in [0.2, 0.25) is 5.02 Å². The van der Waals surface area contributed by atoms with Crippen molar-refractivity contribution in [1.29, 1.82) is 0 Å². The van der Waals surface area contributed by atoms with E-state index in [4.69, 9.17) is 11.6 Å². The lowest BCUT2D eigenvalue weighted by Gasteiger charge is -2.32. The van der Waals surface area contributed by atoms with Crippen LogP contribution < -0.4 is 20.4 Å². The predicted octanol–water partition coefficient (Wildman–Crippen LogP) is -0.491. The van der Waals surface area contributed by atoms with Crippen LogP contribution >= 0.6 is 11.6 Å². The molecule has 0 bridgehead atoms. The van der Waals surface area contributed by atoms with Crippen molar-refractivity contribution < 1.29 is 19.4 Å². The third-order valence-electron chi connectivity index (χ3n) is 5.87. The molecule has 0 aromatic heterocycles. The summed E-state index contributed by atoms with van der Waals surface area (Å²) in [6.45, 7) is 6.07. The molecule has 0 spiro atoms. The maximum absolute atomic E-state index is 12.5. The number of para-hydroxylation sites is 1. The van der Waals surface area contributed by atoms with Crippen LogP contribution in [-0.2, 0) is 9.59 Å². The van der Waals surface area contributed by atoms with Gasteiger partial charge in [0, 0.05) is 6.04 Å². The molecule has 1 aromatic rings. The topological polar surface area (TPSA) is 67.1 Å². The lowest BCUT2D eigenvalue weighted by Crippen LogP contribution is -3.30. The smallest absolute Gasteiger partial charge is 0.279 e. The Labute approximate surface area is 166 Å². The van der Waals surface area contributed by atoms with Gasteiger partial charge in [-0.15, -0.1) is 0 Å². The summed E-state index contributed by atoms with van der Waals surface area (Å²) in [5.74, 6) is 0.158. The fourth-order valence-corrected chi connectivity index (χ4v) is 4.28. The summed E-state index contributed by atoms with van der Waals surface area (Å²) in [7, 11) is 0. The number of anilines is 1. The molecule has 1 aromatic carbocycles. The molecule has 1 saturated heterocycles. The molecule has 1 aliphatic carbocycles. The molecular formula is C20H31ClN4O2+2. The SMILES string of the molecule is C[C@H](C(=O)NC1CCCC1)[NH+]1CC[NH+](CC(=O)Nc2ccccc2Cl)CC1. The summed E-state index contributed by atoms with van der Waals surface area (Å²) in [5.41, 5.74) is 0.657. The largest absolute Gasteiger partial charge is 0.348 e. The van der Waals surface area contributed by atoms with Crippen molar-refractivity contribution in [2.24, 2.45) is 0 Å². The number of benzene rings is 1. The Morgan fingerprint density at radius 1 is 1.15 bits per heavy atom. The average molecular weight is 395 g/mol. The molecule has 0 unspecified atom stereocenters. The highest BCUT2D eigenvalue weighted by molar-refractivity contribution is 6.33. The van der Waals surface area contributed by atoms with Gasteiger partial charge in [-0.2, -0.15) is 0 Å². The molecule has 4 N–H and O–H groups in total. The summed E-state index contributed by atoms with van der Waals surface area (Å²) in [6.07, 6.45) is 4.69. The first kappa shape index (κ1) is 20.1. The van der Waals surface area contributed by atoms with E-state index in [1.165, 1.54) is 22.6 Å². The number of carbonyl (C=O) groups excluding carboxylic acids is 2. The summed E-state index contributed by atoms with van der Waals surface area (Å²) in [4.78, 5) is 27.3. The maximum atomic E-state index is 12.5. The normalized spacial score (nSPS) is 24.4. The third-order valence-corrected chi connectivity index (χ3v) is 6.19. The lowest BCUT2D eigenvalue weighted by molar-refractivity contribution is -1.01. The van der Waals surface area contributed by atoms with Gasteiger partial charge in [-0.3, -0.25) is 9.59 Å². The summed E-state index contributed by atoms with van der Waals surface area (Å²) < 4.78 is 0. The minimum absolute atomic E-state index is 0.0198. The van der Waals surface area contributed by atoms with Crippen LogP contribution in [0.5, 0.6) is 0 Å². The fraction of sp³-hybridized carbons (Fsp3) is 0.600. The first-order valence-corrected chi connectivity index (χ1v) is 10.4. The summed E-state index contributed by atoms with van der Waals surface area (Å²) in [5, 5.41) is 6.65. The molecule has 0 radical (unpaired) electrons. The van der Waals surface area contributed by atoms with Crippen LogP contribution in [0.4, 0.5) is 5.69 Å². The molecule has 1 atom stereocenters. The highest BCUT2D eigenvalue weighted by Crippen LogP contribution is 2.20. The molecule has 1 heterocycles. The van der Waals surface area contributed by atoms with Crippen molar-refractivity contribution in [1.82, 2.24) is 5.32 Å². The Morgan fingerprint density at radius 3 is 2.48 bits per heavy atom. The molecule has 2 fully saturated rings. The molecule has 1 aliphatic heterocycles. The molecule has 7 heteroatoms. The molecule has 27 heavy (non-hydrogen) atoms. The van der Waals surface area contributed by atoms with E-state index < -0.39 is 0 Å². The van der Waals surface area contributed by atoms with Crippen molar-refractivity contribution in [3.8, 4) is 0 Å². The monoisotopic (exact) mass is 394 g/mol. The van der Waals surface area contributed by atoms with Gasteiger partial charge in [0.2, 0.25) is 0 Å². The minimum atomic E-state index is -0.0240. The Balaban J connectivity index is 1.41. The quantitative estimate of drug-likeness (QED) is 0.526. The van der Waals surface area contributed by atoms with Crippen LogP contribution in [0.25, 0.3) is 0 Å². The van der Waals surface area contributed by atoms with Gasteiger partial charge < -0.3 is 20.4 Å². The molecule has 2 amide bonds. The zero-order valence-electron chi connectivity index (χ0n) is 16.0. The number of halogens is 1. The highest BCUT2D eigenvalue weighted by Gasteiger charge is 2.32. The maximum Gasteiger partial charge on any atom is 0.279 e. The highest BCUT2D eigenvalue weighted by atomic mass is 35.5. The predicted molar refractivity (Wildman–Crippen MR) is 106 cm³/mol. The van der Waals surface area contributed by atoms with Crippen LogP contribution in [0.15, 0.2) is 24.3 Å². The van der Waals surface area contributed by atoms with Crippen molar-refractivity contribution in [3.05, 3.63) is 29.3 Å². The van der Waals surface area contributed by atoms with E-state index in [1.54, 1.807) is 6.07 Å². The number of hydrogen-bond donors (Lipinski definition) is 4. The van der Waals surface area contributed by atoms with E-state index in [9.17, 15) is 9.59 Å². The number of amides is 2. The Hall–Kier alpha value is -1.63. The molecule has 1 saturated carbocycles. The van der Waals surface area contributed by atoms with Crippen molar-refractivity contribution in [3.63, 3.8) is 0 Å². The fourth-order valence-electron chi connectivity index (χ4n) is 4.10. The van der Waals surface area contributed by atoms with Crippen LogP contribution in [0, 0.1) is 0 Å². The van der Waals surface area contributed by atoms with E-state index in [0.717, 1.165) is 39.0 Å². The van der Waals surface area contributed by atoms with Crippen molar-refractivity contribution in [2.45, 2.75) is 44.7 Å². The molecule has 148 valence electrons. The van der Waals surface area contributed by atoms with Crippen molar-refractivity contribution in [2.75, 3.05) is 38.0 Å². The number of carbonyl (C=O) groups is 2. The van der Waals surface area contributed by atoms with Gasteiger partial charge in [0.1, 0.15) is 26.2 Å². The van der Waals surface area contributed by atoms with E-state index >= 15 is 0 Å². The van der Waals surface area contributed by atoms with E-state index in [0.29, 0.717) is 23.3 Å². The van der Waals surface area contributed by atoms with Gasteiger partial charge in [-0.1, -0.05) is 36.6 Å². The summed E-state index contributed by atoms with van der Waals surface area (Å²) in [6, 6.07) is 7.62. The molecule has 3 rings (SSSR count). The second-order valence-electron chi connectivity index (χ2n) is 7.82. The van der Waals surface area contributed by atoms with Gasteiger partial charge in [0.25, 0.3) is 11.8 Å². The van der Waals surface area contributed by atoms with Gasteiger partial charge in [-0.05, 0) is 31.9 Å². The first-order chi connectivity index (χ1) is 13.0. The third kappa shape index (κ3) is 5.67. The minimum Gasteiger partial charge on any atom is -0.348 e. The number of hydrogen-bond acceptors (Lipinski definition) is 2. The van der Waals surface area contributed by atoms with Gasteiger partial charge in [0.05, 0.1) is 10.7 Å². The van der Waals surface area contributed by atoms with Crippen molar-refractivity contribution >= 4 is 29.1 Å². The van der Waals surface area contributed by atoms with Gasteiger partial charge in [-0.25, -0.2) is 0 Å². The van der Waals surface area contributed by atoms with Crippen LogP contribution in [-0.4, -0.2) is 56.6 Å². The second kappa shape index (κ2) is 9.53. The van der Waals surface area contributed by atoms with Crippen LogP contribution in [0.1, 0.15) is 32.6 Å². The zero-order chi connectivity index (χ0) is 19.2. The number of nitrogens with one attached hydrogen (secondary N) is 4. The van der Waals surface area contributed by atoms with E-state index in [1.807, 2.05) is 25.1 Å². The molecular weight excluding hydrogens is 364 g/mol. The Bertz CT molecular complexity index is 655. The van der Waals surface area contributed by atoms with Gasteiger partial charge >= 0.3 is 0 Å². The number of rotatable bonds is 6. The van der Waals surface area contributed by atoms with Crippen LogP contribution in [0.3, 0.4) is 0 Å². The Kier molecular flexibility index (Phi) is 7.10.